The number of rotatable bonds is 4. The summed E-state index contributed by atoms with van der Waals surface area (Å²) in [6, 6.07) is 5.34. The van der Waals surface area contributed by atoms with Crippen molar-refractivity contribution in [2.45, 2.75) is 6.42 Å². The number of hydrogen-bond acceptors (Lipinski definition) is 3. The summed E-state index contributed by atoms with van der Waals surface area (Å²) in [5.74, 6) is -0.329. The van der Waals surface area contributed by atoms with Crippen molar-refractivity contribution in [1.82, 2.24) is 15.6 Å². The molecule has 1 heterocycles. The first-order chi connectivity index (χ1) is 9.11. The molecule has 0 atom stereocenters. The molecule has 1 aromatic carbocycles. The van der Waals surface area contributed by atoms with Crippen LogP contribution in [0.1, 0.15) is 16.8 Å². The zero-order valence-electron chi connectivity index (χ0n) is 10.6. The van der Waals surface area contributed by atoms with Crippen LogP contribution in [0, 0.1) is 0 Å². The summed E-state index contributed by atoms with van der Waals surface area (Å²) in [4.78, 5) is 26.1. The number of nitrogens with two attached hydrogens (primary N) is 1. The van der Waals surface area contributed by atoms with Crippen LogP contribution >= 0.6 is 0 Å². The predicted octanol–water partition coefficient (Wildman–Crippen LogP) is 0.616. The van der Waals surface area contributed by atoms with E-state index in [0.29, 0.717) is 17.8 Å². The number of aromatic nitrogens is 1. The van der Waals surface area contributed by atoms with Crippen LogP contribution in [0.25, 0.3) is 10.9 Å². The molecule has 1 aromatic heterocycles. The van der Waals surface area contributed by atoms with Crippen molar-refractivity contribution >= 4 is 28.4 Å². The fourth-order valence-corrected chi connectivity index (χ4v) is 1.84. The first-order valence-corrected chi connectivity index (χ1v) is 5.97. The van der Waals surface area contributed by atoms with Gasteiger partial charge in [-0.25, -0.2) is 0 Å². The number of hydrogen-bond donors (Lipinski definition) is 4. The van der Waals surface area contributed by atoms with Gasteiger partial charge in [0, 0.05) is 42.8 Å². The number of anilines is 1. The molecular weight excluding hydrogens is 244 g/mol. The molecule has 2 amide bonds. The number of benzene rings is 1. The first-order valence-electron chi connectivity index (χ1n) is 5.97. The summed E-state index contributed by atoms with van der Waals surface area (Å²) in [7, 11) is 1.56. The molecule has 2 aromatic rings. The Balaban J connectivity index is 2.09. The second-order valence-electron chi connectivity index (χ2n) is 4.19. The minimum atomic E-state index is -0.222. The van der Waals surface area contributed by atoms with Gasteiger partial charge in [-0.1, -0.05) is 0 Å². The van der Waals surface area contributed by atoms with Gasteiger partial charge in [0.2, 0.25) is 5.91 Å². The largest absolute Gasteiger partial charge is 0.399 e. The maximum absolute atomic E-state index is 12.0. The minimum Gasteiger partial charge on any atom is -0.399 e. The first kappa shape index (κ1) is 12.9. The van der Waals surface area contributed by atoms with Crippen molar-refractivity contribution in [2.24, 2.45) is 0 Å². The number of carbonyl (C=O) groups excluding carboxylic acids is 2. The Bertz CT molecular complexity index is 618. The number of H-pyrrole nitrogens is 1. The molecule has 0 aliphatic heterocycles. The lowest BCUT2D eigenvalue weighted by Crippen LogP contribution is -2.29. The highest BCUT2D eigenvalue weighted by atomic mass is 16.2. The molecule has 0 aliphatic carbocycles. The van der Waals surface area contributed by atoms with Gasteiger partial charge < -0.3 is 21.4 Å². The predicted molar refractivity (Wildman–Crippen MR) is 73.7 cm³/mol. The summed E-state index contributed by atoms with van der Waals surface area (Å²) in [5, 5.41) is 5.97. The Morgan fingerprint density at radius 2 is 2.16 bits per heavy atom. The van der Waals surface area contributed by atoms with E-state index in [2.05, 4.69) is 15.6 Å². The van der Waals surface area contributed by atoms with Crippen molar-refractivity contribution in [3.63, 3.8) is 0 Å². The van der Waals surface area contributed by atoms with Crippen LogP contribution in [0.5, 0.6) is 0 Å². The third kappa shape index (κ3) is 2.85. The highest BCUT2D eigenvalue weighted by molar-refractivity contribution is 6.07. The fourth-order valence-electron chi connectivity index (χ4n) is 1.84. The highest BCUT2D eigenvalue weighted by Crippen LogP contribution is 2.20. The van der Waals surface area contributed by atoms with Crippen LogP contribution in [0.15, 0.2) is 24.4 Å². The molecule has 5 N–H and O–H groups in total. The normalized spacial score (nSPS) is 10.4. The summed E-state index contributed by atoms with van der Waals surface area (Å²) in [5.41, 5.74) is 7.69. The zero-order chi connectivity index (χ0) is 13.8. The Labute approximate surface area is 110 Å². The standard InChI is InChI=1S/C13H16N4O2/c1-15-12(18)4-5-16-13(19)10-7-17-11-3-2-8(14)6-9(10)11/h2-3,6-7,17H,4-5,14H2,1H3,(H,15,18)(H,16,19). The number of amides is 2. The van der Waals surface area contributed by atoms with Crippen LogP contribution in [0.4, 0.5) is 5.69 Å². The second kappa shape index (κ2) is 5.43. The summed E-state index contributed by atoms with van der Waals surface area (Å²) < 4.78 is 0. The lowest BCUT2D eigenvalue weighted by molar-refractivity contribution is -0.120. The Hall–Kier alpha value is -2.50. The van der Waals surface area contributed by atoms with Crippen molar-refractivity contribution in [3.8, 4) is 0 Å². The van der Waals surface area contributed by atoms with Gasteiger partial charge in [0.05, 0.1) is 5.56 Å². The summed E-state index contributed by atoms with van der Waals surface area (Å²) in [6.45, 7) is 0.299. The molecular formula is C13H16N4O2. The van der Waals surface area contributed by atoms with Crippen LogP contribution in [0.2, 0.25) is 0 Å². The van der Waals surface area contributed by atoms with Gasteiger partial charge in [0.25, 0.3) is 5.91 Å². The average Bonchev–Trinajstić information content (AvgIpc) is 2.81. The van der Waals surface area contributed by atoms with E-state index >= 15 is 0 Å². The summed E-state index contributed by atoms with van der Waals surface area (Å²) >= 11 is 0. The number of nitrogens with one attached hydrogen (secondary N) is 3. The molecule has 0 spiro atoms. The van der Waals surface area contributed by atoms with Crippen LogP contribution in [0.3, 0.4) is 0 Å². The number of aromatic amines is 1. The maximum atomic E-state index is 12.0. The molecule has 6 heteroatoms. The van der Waals surface area contributed by atoms with E-state index in [-0.39, 0.29) is 18.2 Å². The van der Waals surface area contributed by atoms with Gasteiger partial charge in [-0.3, -0.25) is 9.59 Å². The van der Waals surface area contributed by atoms with E-state index in [0.717, 1.165) is 10.9 Å². The third-order valence-electron chi connectivity index (χ3n) is 2.87. The van der Waals surface area contributed by atoms with E-state index < -0.39 is 0 Å². The van der Waals surface area contributed by atoms with E-state index in [4.69, 9.17) is 5.73 Å². The van der Waals surface area contributed by atoms with Gasteiger partial charge in [-0.15, -0.1) is 0 Å². The number of nitrogen functional groups attached to an aromatic ring is 1. The highest BCUT2D eigenvalue weighted by Gasteiger charge is 2.12. The maximum Gasteiger partial charge on any atom is 0.253 e. The quantitative estimate of drug-likeness (QED) is 0.606. The molecule has 0 saturated heterocycles. The monoisotopic (exact) mass is 260 g/mol. The molecule has 0 bridgehead atoms. The minimum absolute atomic E-state index is 0.108. The molecule has 19 heavy (non-hydrogen) atoms. The van der Waals surface area contributed by atoms with Gasteiger partial charge in [-0.05, 0) is 18.2 Å². The lowest BCUT2D eigenvalue weighted by atomic mass is 10.1. The van der Waals surface area contributed by atoms with E-state index in [9.17, 15) is 9.59 Å². The van der Waals surface area contributed by atoms with Gasteiger partial charge in [-0.2, -0.15) is 0 Å². The molecule has 0 radical (unpaired) electrons. The fraction of sp³-hybridized carbons (Fsp3) is 0.231. The zero-order valence-corrected chi connectivity index (χ0v) is 10.6. The second-order valence-corrected chi connectivity index (χ2v) is 4.19. The summed E-state index contributed by atoms with van der Waals surface area (Å²) in [6.07, 6.45) is 1.89. The van der Waals surface area contributed by atoms with Crippen molar-refractivity contribution in [2.75, 3.05) is 19.3 Å². The van der Waals surface area contributed by atoms with E-state index in [1.54, 1.807) is 25.4 Å². The number of fused-ring (bicyclic) bond motifs is 1. The number of carbonyl (C=O) groups is 2. The SMILES string of the molecule is CNC(=O)CCNC(=O)c1c[nH]c2ccc(N)cc12. The van der Waals surface area contributed by atoms with E-state index in [1.165, 1.54) is 0 Å². The smallest absolute Gasteiger partial charge is 0.253 e. The lowest BCUT2D eigenvalue weighted by Gasteiger charge is -2.04. The van der Waals surface area contributed by atoms with Crippen molar-refractivity contribution < 1.29 is 9.59 Å². The molecule has 100 valence electrons. The molecule has 0 fully saturated rings. The van der Waals surface area contributed by atoms with Crippen LogP contribution < -0.4 is 16.4 Å². The van der Waals surface area contributed by atoms with Gasteiger partial charge in [0.15, 0.2) is 0 Å². The van der Waals surface area contributed by atoms with Crippen molar-refractivity contribution in [1.29, 1.82) is 0 Å². The third-order valence-corrected chi connectivity index (χ3v) is 2.87. The molecule has 0 unspecified atom stereocenters. The van der Waals surface area contributed by atoms with E-state index in [1.807, 2.05) is 6.07 Å². The average molecular weight is 260 g/mol. The molecule has 2 rings (SSSR count). The molecule has 0 saturated carbocycles. The molecule has 6 nitrogen and oxygen atoms in total. The Morgan fingerprint density at radius 1 is 1.37 bits per heavy atom. The van der Waals surface area contributed by atoms with Crippen LogP contribution in [-0.4, -0.2) is 30.4 Å². The Morgan fingerprint density at radius 3 is 2.89 bits per heavy atom. The van der Waals surface area contributed by atoms with Gasteiger partial charge >= 0.3 is 0 Å². The topological polar surface area (TPSA) is 100 Å². The van der Waals surface area contributed by atoms with Gasteiger partial charge in [0.1, 0.15) is 0 Å². The van der Waals surface area contributed by atoms with Crippen LogP contribution in [-0.2, 0) is 4.79 Å². The Kier molecular flexibility index (Phi) is 3.70. The van der Waals surface area contributed by atoms with Crippen molar-refractivity contribution in [3.05, 3.63) is 30.0 Å². The molecule has 0 aliphatic rings.